The molecular weight excluding hydrogens is 252 g/mol. The number of hydrogen-bond acceptors (Lipinski definition) is 2. The molecule has 3 N–H and O–H groups in total. The molecule has 0 fully saturated rings. The lowest BCUT2D eigenvalue weighted by Crippen LogP contribution is -2.25. The van der Waals surface area contributed by atoms with Crippen molar-refractivity contribution in [2.45, 2.75) is 34.6 Å². The minimum absolute atomic E-state index is 0.452. The van der Waals surface area contributed by atoms with Crippen LogP contribution < -0.4 is 11.1 Å². The van der Waals surface area contributed by atoms with Crippen LogP contribution in [0.1, 0.15) is 38.8 Å². The van der Waals surface area contributed by atoms with Crippen LogP contribution >= 0.6 is 12.2 Å². The largest absolute Gasteiger partial charge is 0.389 e. The van der Waals surface area contributed by atoms with E-state index in [1.807, 2.05) is 12.1 Å². The molecule has 0 aliphatic heterocycles. The normalized spacial score (nSPS) is 11.4. The summed E-state index contributed by atoms with van der Waals surface area (Å²) in [6.45, 7) is 12.1. The van der Waals surface area contributed by atoms with Crippen LogP contribution in [0.2, 0.25) is 0 Å². The molecule has 1 aromatic carbocycles. The highest BCUT2D eigenvalue weighted by Crippen LogP contribution is 2.23. The molecule has 19 heavy (non-hydrogen) atoms. The number of nitrogens with two attached hydrogens (primary N) is 1. The average molecular weight is 278 g/mol. The summed E-state index contributed by atoms with van der Waals surface area (Å²) in [6.07, 6.45) is 0. The fourth-order valence-electron chi connectivity index (χ4n) is 2.49. The van der Waals surface area contributed by atoms with Gasteiger partial charge in [-0.2, -0.15) is 0 Å². The van der Waals surface area contributed by atoms with Crippen LogP contribution in [0.25, 0.3) is 0 Å². The van der Waals surface area contributed by atoms with Crippen LogP contribution in [-0.2, 0) is 0 Å². The van der Waals surface area contributed by atoms with Gasteiger partial charge in [0.15, 0.2) is 0 Å². The molecule has 0 atom stereocenters. The van der Waals surface area contributed by atoms with Crippen LogP contribution in [0.5, 0.6) is 0 Å². The zero-order valence-electron chi connectivity index (χ0n) is 12.7. The van der Waals surface area contributed by atoms with Gasteiger partial charge in [0.2, 0.25) is 0 Å². The van der Waals surface area contributed by atoms with E-state index in [1.54, 1.807) is 0 Å². The Balaban J connectivity index is 2.87. The van der Waals surface area contributed by atoms with Gasteiger partial charge in [-0.3, -0.25) is 0 Å². The van der Waals surface area contributed by atoms with Crippen molar-refractivity contribution in [1.29, 1.82) is 0 Å². The molecule has 0 aliphatic rings. The average Bonchev–Trinajstić information content (AvgIpc) is 2.27. The van der Waals surface area contributed by atoms with E-state index < -0.39 is 0 Å². The maximum atomic E-state index is 5.78. The fourth-order valence-corrected chi connectivity index (χ4v) is 2.67. The first kappa shape index (κ1) is 16.0. The molecule has 0 unspecified atom stereocenters. The number of thiocarbonyl (C=S) groups is 1. The van der Waals surface area contributed by atoms with Gasteiger partial charge >= 0.3 is 0 Å². The quantitative estimate of drug-likeness (QED) is 0.773. The second-order valence-corrected chi connectivity index (χ2v) is 6.39. The van der Waals surface area contributed by atoms with Crippen molar-refractivity contribution in [3.05, 3.63) is 29.3 Å². The van der Waals surface area contributed by atoms with Gasteiger partial charge in [0, 0.05) is 17.8 Å². The van der Waals surface area contributed by atoms with Crippen molar-refractivity contribution in [3.8, 4) is 0 Å². The van der Waals surface area contributed by atoms with Gasteiger partial charge in [-0.15, -0.1) is 0 Å². The summed E-state index contributed by atoms with van der Waals surface area (Å²) in [6, 6.07) is 6.16. The summed E-state index contributed by atoms with van der Waals surface area (Å²) >= 11 is 5.11. The van der Waals surface area contributed by atoms with Crippen molar-refractivity contribution in [1.82, 2.24) is 0 Å². The van der Waals surface area contributed by atoms with E-state index in [4.69, 9.17) is 18.0 Å². The van der Waals surface area contributed by atoms with Crippen molar-refractivity contribution in [2.75, 3.05) is 11.9 Å². The molecule has 0 saturated carbocycles. The summed E-state index contributed by atoms with van der Waals surface area (Å²) in [5.41, 5.74) is 8.99. The van der Waals surface area contributed by atoms with Crippen LogP contribution in [-0.4, -0.2) is 11.5 Å². The molecular formula is C16H26N2S. The van der Waals surface area contributed by atoms with Crippen LogP contribution in [0.4, 0.5) is 5.69 Å². The molecule has 0 heterocycles. The summed E-state index contributed by atoms with van der Waals surface area (Å²) in [5, 5.41) is 3.53. The van der Waals surface area contributed by atoms with E-state index in [9.17, 15) is 0 Å². The summed E-state index contributed by atoms with van der Waals surface area (Å²) in [5.74, 6) is 1.95. The molecule has 0 aromatic heterocycles. The van der Waals surface area contributed by atoms with E-state index in [1.165, 1.54) is 5.56 Å². The second kappa shape index (κ2) is 6.90. The lowest BCUT2D eigenvalue weighted by atomic mass is 9.85. The van der Waals surface area contributed by atoms with E-state index in [0.717, 1.165) is 17.8 Å². The van der Waals surface area contributed by atoms with E-state index in [-0.39, 0.29) is 0 Å². The molecule has 0 radical (unpaired) electrons. The first-order chi connectivity index (χ1) is 8.82. The van der Waals surface area contributed by atoms with Crippen LogP contribution in [0.3, 0.4) is 0 Å². The Morgan fingerprint density at radius 1 is 1.21 bits per heavy atom. The van der Waals surface area contributed by atoms with Gasteiger partial charge in [0.05, 0.1) is 0 Å². The monoisotopic (exact) mass is 278 g/mol. The lowest BCUT2D eigenvalue weighted by molar-refractivity contribution is 0.304. The molecule has 3 heteroatoms. The Bertz CT molecular complexity index is 430. The fraction of sp³-hybridized carbons (Fsp3) is 0.562. The predicted octanol–water partition coefficient (Wildman–Crippen LogP) is 3.97. The molecule has 1 rings (SSSR count). The zero-order valence-corrected chi connectivity index (χ0v) is 13.5. The minimum atomic E-state index is 0.452. The number of anilines is 1. The Morgan fingerprint density at radius 3 is 2.26 bits per heavy atom. The van der Waals surface area contributed by atoms with Crippen molar-refractivity contribution >= 4 is 22.9 Å². The summed E-state index contributed by atoms with van der Waals surface area (Å²) in [4.78, 5) is 0.452. The van der Waals surface area contributed by atoms with Crippen molar-refractivity contribution < 1.29 is 0 Å². The van der Waals surface area contributed by atoms with E-state index in [2.05, 4.69) is 46.0 Å². The van der Waals surface area contributed by atoms with Crippen LogP contribution in [0.15, 0.2) is 18.2 Å². The van der Waals surface area contributed by atoms with Gasteiger partial charge in [0.1, 0.15) is 4.99 Å². The molecule has 1 aromatic rings. The van der Waals surface area contributed by atoms with Gasteiger partial charge in [-0.05, 0) is 42.4 Å². The molecule has 2 nitrogen and oxygen atoms in total. The van der Waals surface area contributed by atoms with Gasteiger partial charge in [0.25, 0.3) is 0 Å². The number of aryl methyl sites for hydroxylation is 1. The number of rotatable bonds is 6. The number of hydrogen-bond donors (Lipinski definition) is 2. The van der Waals surface area contributed by atoms with E-state index in [0.29, 0.717) is 22.7 Å². The third-order valence-electron chi connectivity index (χ3n) is 3.68. The van der Waals surface area contributed by atoms with Gasteiger partial charge in [-0.25, -0.2) is 0 Å². The Kier molecular flexibility index (Phi) is 5.80. The molecule has 0 aliphatic carbocycles. The maximum absolute atomic E-state index is 5.78. The Labute approximate surface area is 122 Å². The first-order valence-corrected chi connectivity index (χ1v) is 7.38. The third-order valence-corrected chi connectivity index (χ3v) is 3.90. The van der Waals surface area contributed by atoms with Crippen molar-refractivity contribution in [2.24, 2.45) is 23.5 Å². The van der Waals surface area contributed by atoms with E-state index >= 15 is 0 Å². The van der Waals surface area contributed by atoms with Crippen molar-refractivity contribution in [3.63, 3.8) is 0 Å². The smallest absolute Gasteiger partial charge is 0.106 e. The van der Waals surface area contributed by atoms with Gasteiger partial charge in [-0.1, -0.05) is 46.0 Å². The predicted molar refractivity (Wildman–Crippen MR) is 88.7 cm³/mol. The minimum Gasteiger partial charge on any atom is -0.389 e. The standard InChI is InChI=1S/C16H26N2S/c1-10(2)14(11(3)4)9-18-15-8-12(5)6-7-13(15)16(17)19/h6-8,10-11,14,18H,9H2,1-5H3,(H2,17,19). The summed E-state index contributed by atoms with van der Waals surface area (Å²) in [7, 11) is 0. The topological polar surface area (TPSA) is 38.0 Å². The molecule has 106 valence electrons. The SMILES string of the molecule is Cc1ccc(C(N)=S)c(NCC(C(C)C)C(C)C)c1. The maximum Gasteiger partial charge on any atom is 0.106 e. The number of nitrogens with one attached hydrogen (secondary N) is 1. The summed E-state index contributed by atoms with van der Waals surface area (Å²) < 4.78 is 0. The first-order valence-electron chi connectivity index (χ1n) is 6.97. The molecule has 0 spiro atoms. The Morgan fingerprint density at radius 2 is 1.79 bits per heavy atom. The molecule has 0 amide bonds. The second-order valence-electron chi connectivity index (χ2n) is 5.95. The molecule has 0 bridgehead atoms. The number of benzene rings is 1. The lowest BCUT2D eigenvalue weighted by Gasteiger charge is -2.26. The van der Waals surface area contributed by atoms with Crippen LogP contribution in [0, 0.1) is 24.7 Å². The highest BCUT2D eigenvalue weighted by atomic mass is 32.1. The highest BCUT2D eigenvalue weighted by molar-refractivity contribution is 7.80. The Hall–Kier alpha value is -1.09. The highest BCUT2D eigenvalue weighted by Gasteiger charge is 2.17. The zero-order chi connectivity index (χ0) is 14.6. The third kappa shape index (κ3) is 4.50. The molecule has 0 saturated heterocycles. The van der Waals surface area contributed by atoms with Gasteiger partial charge < -0.3 is 11.1 Å².